The lowest BCUT2D eigenvalue weighted by Gasteiger charge is -2.35. The predicted octanol–water partition coefficient (Wildman–Crippen LogP) is 1.81. The van der Waals surface area contributed by atoms with E-state index in [9.17, 15) is 25.4 Å². The minimum atomic E-state index is -1.37. The Labute approximate surface area is 215 Å². The second-order valence-corrected chi connectivity index (χ2v) is 9.55. The fraction of sp³-hybridized carbons (Fsp3) is 0.357. The summed E-state index contributed by atoms with van der Waals surface area (Å²) in [6.07, 6.45) is -4.81. The van der Waals surface area contributed by atoms with Crippen molar-refractivity contribution < 1.29 is 24.9 Å². The number of benzene rings is 2. The first kappa shape index (κ1) is 26.4. The van der Waals surface area contributed by atoms with Gasteiger partial charge in [0.1, 0.15) is 36.1 Å². The zero-order valence-electron chi connectivity index (χ0n) is 21.3. The van der Waals surface area contributed by atoms with E-state index in [2.05, 4.69) is 46.6 Å². The van der Waals surface area contributed by atoms with Crippen LogP contribution in [0.2, 0.25) is 0 Å². The van der Waals surface area contributed by atoms with Gasteiger partial charge in [-0.25, -0.2) is 0 Å². The van der Waals surface area contributed by atoms with E-state index in [0.717, 1.165) is 33.4 Å². The van der Waals surface area contributed by atoms with E-state index in [1.54, 1.807) is 6.92 Å². The molecule has 0 spiro atoms. The fourth-order valence-electron chi connectivity index (χ4n) is 4.61. The van der Waals surface area contributed by atoms with Crippen molar-refractivity contribution >= 4 is 27.9 Å². The minimum absolute atomic E-state index is 0.0617. The number of amides is 1. The first-order valence-corrected chi connectivity index (χ1v) is 12.0. The number of hydrogen-bond donors (Lipinski definition) is 4. The van der Waals surface area contributed by atoms with Gasteiger partial charge in [0.15, 0.2) is 0 Å². The highest BCUT2D eigenvalue weighted by Crippen LogP contribution is 2.30. The molecule has 0 bridgehead atoms. The molecule has 9 nitrogen and oxygen atoms in total. The molecule has 194 valence electrons. The molecule has 1 aromatic heterocycles. The number of carbonyl (C=O) groups excluding carboxylic acids is 1. The standard InChI is InChI=1S/C28H32N4O5/c1-16(21(13-29)28(36)30-14-25-27(35)26(34)24(33)15-37-25)22-9-10-23(32(22)4)19-6-5-18-12-20(31(2)3)8-7-17(18)11-19/h5-12,24-27,33-35H,14-15H2,1-4H3,(H,30,36)/b21-16+/t24-,25+,26+,27+/m0/s1. The lowest BCUT2D eigenvalue weighted by atomic mass is 10.00. The smallest absolute Gasteiger partial charge is 0.262 e. The Hall–Kier alpha value is -3.68. The number of fused-ring (bicyclic) bond motifs is 1. The van der Waals surface area contributed by atoms with E-state index in [0.29, 0.717) is 5.57 Å². The van der Waals surface area contributed by atoms with Gasteiger partial charge in [0, 0.05) is 44.8 Å². The van der Waals surface area contributed by atoms with Crippen molar-refractivity contribution in [1.82, 2.24) is 9.88 Å². The second-order valence-electron chi connectivity index (χ2n) is 9.55. The number of ether oxygens (including phenoxy) is 1. The van der Waals surface area contributed by atoms with Crippen LogP contribution in [0.25, 0.3) is 27.6 Å². The van der Waals surface area contributed by atoms with Crippen molar-refractivity contribution in [3.63, 3.8) is 0 Å². The van der Waals surface area contributed by atoms with Crippen molar-refractivity contribution in [3.8, 4) is 17.3 Å². The predicted molar refractivity (Wildman–Crippen MR) is 142 cm³/mol. The molecule has 9 heteroatoms. The highest BCUT2D eigenvalue weighted by atomic mass is 16.5. The first-order chi connectivity index (χ1) is 17.6. The number of carbonyl (C=O) groups is 1. The minimum Gasteiger partial charge on any atom is -0.388 e. The third kappa shape index (κ3) is 5.24. The SMILES string of the molecule is C/C(=C(/C#N)C(=O)NC[C@H]1OC[C@H](O)[C@@H](O)[C@@H]1O)c1ccc(-c2ccc3cc(N(C)C)ccc3c2)n1C. The van der Waals surface area contributed by atoms with Crippen molar-refractivity contribution in [2.45, 2.75) is 31.3 Å². The van der Waals surface area contributed by atoms with E-state index >= 15 is 0 Å². The number of nitrogens with one attached hydrogen (secondary N) is 1. The van der Waals surface area contributed by atoms with E-state index in [1.807, 2.05) is 43.9 Å². The third-order valence-electron chi connectivity index (χ3n) is 6.93. The van der Waals surface area contributed by atoms with Gasteiger partial charge in [-0.3, -0.25) is 4.79 Å². The molecule has 2 heterocycles. The quantitative estimate of drug-likeness (QED) is 0.297. The molecule has 1 amide bonds. The van der Waals surface area contributed by atoms with Crippen molar-refractivity contribution in [1.29, 1.82) is 5.26 Å². The van der Waals surface area contributed by atoms with Crippen LogP contribution in [0, 0.1) is 11.3 Å². The summed E-state index contributed by atoms with van der Waals surface area (Å²) >= 11 is 0. The average Bonchev–Trinajstić information content (AvgIpc) is 3.27. The summed E-state index contributed by atoms with van der Waals surface area (Å²) in [7, 11) is 5.91. The number of hydrogen-bond acceptors (Lipinski definition) is 7. The van der Waals surface area contributed by atoms with Gasteiger partial charge in [0.2, 0.25) is 0 Å². The van der Waals surface area contributed by atoms with Crippen LogP contribution >= 0.6 is 0 Å². The van der Waals surface area contributed by atoms with Crippen LogP contribution in [0.1, 0.15) is 12.6 Å². The largest absolute Gasteiger partial charge is 0.388 e. The summed E-state index contributed by atoms with van der Waals surface area (Å²) in [4.78, 5) is 14.9. The molecule has 1 fully saturated rings. The van der Waals surface area contributed by atoms with Gasteiger partial charge < -0.3 is 34.8 Å². The normalized spacial score (nSPS) is 22.3. The Morgan fingerprint density at radius 2 is 1.81 bits per heavy atom. The molecule has 0 radical (unpaired) electrons. The van der Waals surface area contributed by atoms with Gasteiger partial charge in [-0.2, -0.15) is 5.26 Å². The maximum absolute atomic E-state index is 12.8. The number of aliphatic hydroxyl groups is 3. The Kier molecular flexibility index (Phi) is 7.66. The fourth-order valence-corrected chi connectivity index (χ4v) is 4.61. The number of allylic oxidation sites excluding steroid dienone is 1. The molecule has 0 unspecified atom stereocenters. The molecule has 0 aliphatic carbocycles. The number of aromatic nitrogens is 1. The van der Waals surface area contributed by atoms with Crippen molar-refractivity contribution in [2.75, 3.05) is 32.1 Å². The van der Waals surface area contributed by atoms with Crippen LogP contribution in [0.5, 0.6) is 0 Å². The van der Waals surface area contributed by atoms with Crippen LogP contribution in [-0.4, -0.2) is 77.5 Å². The Balaban J connectivity index is 1.55. The summed E-state index contributed by atoms with van der Waals surface area (Å²) in [6.45, 7) is 1.44. The van der Waals surface area contributed by atoms with Gasteiger partial charge in [0.05, 0.1) is 6.61 Å². The van der Waals surface area contributed by atoms with E-state index in [1.165, 1.54) is 0 Å². The zero-order chi connectivity index (χ0) is 26.9. The molecule has 4 N–H and O–H groups in total. The lowest BCUT2D eigenvalue weighted by molar-refractivity contribution is -0.185. The molecule has 3 aromatic rings. The highest BCUT2D eigenvalue weighted by molar-refractivity contribution is 6.04. The summed E-state index contributed by atoms with van der Waals surface area (Å²) in [5.41, 5.74) is 4.25. The molecule has 1 aliphatic heterocycles. The van der Waals surface area contributed by atoms with Crippen LogP contribution < -0.4 is 10.2 Å². The van der Waals surface area contributed by atoms with E-state index < -0.39 is 30.3 Å². The molecule has 2 aromatic carbocycles. The van der Waals surface area contributed by atoms with Crippen LogP contribution in [0.4, 0.5) is 5.69 Å². The molecule has 4 atom stereocenters. The lowest BCUT2D eigenvalue weighted by Crippen LogP contribution is -2.56. The van der Waals surface area contributed by atoms with Crippen LogP contribution in [0.15, 0.2) is 54.1 Å². The number of nitriles is 1. The van der Waals surface area contributed by atoms with Gasteiger partial charge in [-0.15, -0.1) is 0 Å². The molecule has 4 rings (SSSR count). The summed E-state index contributed by atoms with van der Waals surface area (Å²) in [5.74, 6) is -0.610. The molecule has 37 heavy (non-hydrogen) atoms. The zero-order valence-corrected chi connectivity index (χ0v) is 21.3. The van der Waals surface area contributed by atoms with E-state index in [4.69, 9.17) is 4.74 Å². The van der Waals surface area contributed by atoms with Gasteiger partial charge in [-0.05, 0) is 59.2 Å². The summed E-state index contributed by atoms with van der Waals surface area (Å²) in [6, 6.07) is 18.4. The summed E-state index contributed by atoms with van der Waals surface area (Å²) < 4.78 is 7.27. The first-order valence-electron chi connectivity index (χ1n) is 12.0. The highest BCUT2D eigenvalue weighted by Gasteiger charge is 2.37. The summed E-state index contributed by atoms with van der Waals surface area (Å²) in [5, 5.41) is 44.1. The maximum atomic E-state index is 12.8. The van der Waals surface area contributed by atoms with Crippen molar-refractivity contribution in [2.24, 2.45) is 7.05 Å². The van der Waals surface area contributed by atoms with Crippen molar-refractivity contribution in [3.05, 3.63) is 59.8 Å². The Morgan fingerprint density at radius 1 is 1.11 bits per heavy atom. The molecule has 1 saturated heterocycles. The number of aliphatic hydroxyl groups excluding tert-OH is 3. The maximum Gasteiger partial charge on any atom is 0.262 e. The number of nitrogens with zero attached hydrogens (tertiary/aromatic N) is 3. The van der Waals surface area contributed by atoms with Crippen LogP contribution in [-0.2, 0) is 16.6 Å². The molecular weight excluding hydrogens is 472 g/mol. The van der Waals surface area contributed by atoms with Gasteiger partial charge in [0.25, 0.3) is 5.91 Å². The van der Waals surface area contributed by atoms with Gasteiger partial charge in [-0.1, -0.05) is 18.2 Å². The molecule has 0 saturated carbocycles. The average molecular weight is 505 g/mol. The van der Waals surface area contributed by atoms with Gasteiger partial charge >= 0.3 is 0 Å². The van der Waals surface area contributed by atoms with E-state index in [-0.39, 0.29) is 18.7 Å². The number of anilines is 1. The Bertz CT molecular complexity index is 1390. The topological polar surface area (TPSA) is 131 Å². The number of rotatable bonds is 6. The van der Waals surface area contributed by atoms with Crippen LogP contribution in [0.3, 0.4) is 0 Å². The molecular formula is C28H32N4O5. The Morgan fingerprint density at radius 3 is 2.51 bits per heavy atom. The molecule has 1 aliphatic rings. The monoisotopic (exact) mass is 504 g/mol. The second kappa shape index (κ2) is 10.7. The third-order valence-corrected chi connectivity index (χ3v) is 6.93.